The fraction of sp³-hybridized carbons (Fsp3) is 0.143. The lowest BCUT2D eigenvalue weighted by Gasteiger charge is -2.19. The quantitative estimate of drug-likeness (QED) is 0.646. The van der Waals surface area contributed by atoms with E-state index in [0.29, 0.717) is 15.1 Å². The van der Waals surface area contributed by atoms with E-state index in [4.69, 9.17) is 40.6 Å². The lowest BCUT2D eigenvalue weighted by molar-refractivity contribution is 0.637. The highest BCUT2D eigenvalue weighted by Crippen LogP contribution is 2.33. The molecule has 2 aromatic carbocycles. The van der Waals surface area contributed by atoms with Crippen LogP contribution in [0.2, 0.25) is 15.1 Å². The molecule has 0 heterocycles. The van der Waals surface area contributed by atoms with Gasteiger partial charge in [-0.25, -0.2) is 5.43 Å². The Morgan fingerprint density at radius 1 is 1.05 bits per heavy atom. The highest BCUT2D eigenvalue weighted by molar-refractivity contribution is 6.42. The van der Waals surface area contributed by atoms with Crippen LogP contribution in [0, 0.1) is 6.92 Å². The van der Waals surface area contributed by atoms with Gasteiger partial charge < -0.3 is 0 Å². The van der Waals surface area contributed by atoms with Crippen LogP contribution in [0.3, 0.4) is 0 Å². The van der Waals surface area contributed by atoms with Gasteiger partial charge in [-0.05, 0) is 35.7 Å². The predicted molar refractivity (Wildman–Crippen MR) is 81.8 cm³/mol. The van der Waals surface area contributed by atoms with Crippen molar-refractivity contribution in [3.8, 4) is 0 Å². The third-order valence-corrected chi connectivity index (χ3v) is 4.23. The molecule has 0 bridgehead atoms. The molecule has 19 heavy (non-hydrogen) atoms. The number of benzene rings is 2. The second-order valence-electron chi connectivity index (χ2n) is 4.25. The third kappa shape index (κ3) is 3.04. The second kappa shape index (κ2) is 6.12. The van der Waals surface area contributed by atoms with Gasteiger partial charge in [-0.3, -0.25) is 5.84 Å². The highest BCUT2D eigenvalue weighted by atomic mass is 35.5. The number of halogens is 3. The largest absolute Gasteiger partial charge is 0.271 e. The molecule has 2 nitrogen and oxygen atoms in total. The van der Waals surface area contributed by atoms with Crippen molar-refractivity contribution in [2.24, 2.45) is 5.84 Å². The van der Waals surface area contributed by atoms with Crippen LogP contribution in [-0.2, 0) is 0 Å². The van der Waals surface area contributed by atoms with E-state index in [2.05, 4.69) is 5.43 Å². The number of hydrogen-bond donors (Lipinski definition) is 2. The Balaban J connectivity index is 2.50. The van der Waals surface area contributed by atoms with Crippen molar-refractivity contribution in [3.63, 3.8) is 0 Å². The van der Waals surface area contributed by atoms with Crippen molar-refractivity contribution in [1.82, 2.24) is 5.43 Å². The summed E-state index contributed by atoms with van der Waals surface area (Å²) in [5, 5.41) is 1.68. The Hall–Kier alpha value is -0.770. The molecule has 5 heteroatoms. The van der Waals surface area contributed by atoms with Gasteiger partial charge in [-0.1, -0.05) is 59.1 Å². The normalized spacial score (nSPS) is 12.5. The second-order valence-corrected chi connectivity index (χ2v) is 5.44. The Morgan fingerprint density at radius 3 is 2.42 bits per heavy atom. The lowest BCUT2D eigenvalue weighted by Crippen LogP contribution is -2.29. The number of nitrogens with two attached hydrogens (primary N) is 1. The predicted octanol–water partition coefficient (Wildman–Crippen LogP) is 4.51. The third-order valence-electron chi connectivity index (χ3n) is 2.99. The maximum absolute atomic E-state index is 6.23. The summed E-state index contributed by atoms with van der Waals surface area (Å²) < 4.78 is 0. The molecule has 0 saturated heterocycles. The summed E-state index contributed by atoms with van der Waals surface area (Å²) in [5.41, 5.74) is 5.51. The van der Waals surface area contributed by atoms with Gasteiger partial charge in [-0.2, -0.15) is 0 Å². The minimum Gasteiger partial charge on any atom is -0.271 e. The van der Waals surface area contributed by atoms with Gasteiger partial charge in [0.2, 0.25) is 0 Å². The number of nitrogens with one attached hydrogen (secondary N) is 1. The molecule has 0 saturated carbocycles. The summed E-state index contributed by atoms with van der Waals surface area (Å²) >= 11 is 18.4. The zero-order valence-corrected chi connectivity index (χ0v) is 12.5. The molecule has 0 amide bonds. The van der Waals surface area contributed by atoms with Crippen LogP contribution in [0.1, 0.15) is 22.7 Å². The van der Waals surface area contributed by atoms with E-state index in [1.807, 2.05) is 37.3 Å². The molecular weight excluding hydrogens is 303 g/mol. The van der Waals surface area contributed by atoms with Crippen molar-refractivity contribution in [2.45, 2.75) is 13.0 Å². The number of aryl methyl sites for hydroxylation is 1. The van der Waals surface area contributed by atoms with Crippen molar-refractivity contribution < 1.29 is 0 Å². The summed E-state index contributed by atoms with van der Waals surface area (Å²) in [6.07, 6.45) is 0. The first-order valence-electron chi connectivity index (χ1n) is 5.70. The maximum atomic E-state index is 6.23. The zero-order chi connectivity index (χ0) is 14.0. The van der Waals surface area contributed by atoms with E-state index in [0.717, 1.165) is 16.7 Å². The molecule has 1 atom stereocenters. The molecule has 0 aliphatic heterocycles. The lowest BCUT2D eigenvalue weighted by atomic mass is 9.98. The van der Waals surface area contributed by atoms with Crippen LogP contribution >= 0.6 is 34.8 Å². The van der Waals surface area contributed by atoms with Gasteiger partial charge in [0.25, 0.3) is 0 Å². The minimum absolute atomic E-state index is 0.260. The molecule has 0 fully saturated rings. The van der Waals surface area contributed by atoms with Crippen molar-refractivity contribution >= 4 is 34.8 Å². The van der Waals surface area contributed by atoms with Crippen LogP contribution < -0.4 is 11.3 Å². The molecule has 0 aromatic heterocycles. The molecule has 3 N–H and O–H groups in total. The van der Waals surface area contributed by atoms with Crippen LogP contribution in [0.25, 0.3) is 0 Å². The van der Waals surface area contributed by atoms with Gasteiger partial charge in [0.1, 0.15) is 0 Å². The fourth-order valence-electron chi connectivity index (χ4n) is 1.90. The van der Waals surface area contributed by atoms with Crippen molar-refractivity contribution in [2.75, 3.05) is 0 Å². The van der Waals surface area contributed by atoms with Gasteiger partial charge >= 0.3 is 0 Å². The maximum Gasteiger partial charge on any atom is 0.0725 e. The molecule has 100 valence electrons. The fourth-order valence-corrected chi connectivity index (χ4v) is 2.50. The topological polar surface area (TPSA) is 38.0 Å². The molecule has 0 aliphatic rings. The first-order valence-corrected chi connectivity index (χ1v) is 6.84. The van der Waals surface area contributed by atoms with Crippen LogP contribution in [0.15, 0.2) is 36.4 Å². The van der Waals surface area contributed by atoms with E-state index in [9.17, 15) is 0 Å². The summed E-state index contributed by atoms with van der Waals surface area (Å²) in [7, 11) is 0. The Labute approximate surface area is 127 Å². The minimum atomic E-state index is -0.260. The molecule has 0 aliphatic carbocycles. The number of rotatable bonds is 3. The van der Waals surface area contributed by atoms with E-state index in [1.165, 1.54) is 0 Å². The first kappa shape index (κ1) is 14.6. The van der Waals surface area contributed by atoms with Crippen LogP contribution in [0.5, 0.6) is 0 Å². The molecule has 0 radical (unpaired) electrons. The Bertz CT molecular complexity index is 599. The average molecular weight is 316 g/mol. The first-order chi connectivity index (χ1) is 9.04. The summed E-state index contributed by atoms with van der Waals surface area (Å²) in [6.45, 7) is 1.95. The smallest absolute Gasteiger partial charge is 0.0725 e. The van der Waals surface area contributed by atoms with Crippen LogP contribution in [0.4, 0.5) is 0 Å². The number of hydrogen-bond acceptors (Lipinski definition) is 2. The molecule has 1 unspecified atom stereocenters. The monoisotopic (exact) mass is 314 g/mol. The standard InChI is InChI=1S/C14H13Cl3N2/c1-8-5-6-9(7-12(8)16)14(19-18)10-3-2-4-11(15)13(10)17/h2-7,14,19H,18H2,1H3. The molecular formula is C14H13Cl3N2. The van der Waals surface area contributed by atoms with Gasteiger partial charge in [0, 0.05) is 5.02 Å². The highest BCUT2D eigenvalue weighted by Gasteiger charge is 2.17. The van der Waals surface area contributed by atoms with Crippen molar-refractivity contribution in [3.05, 3.63) is 68.2 Å². The Kier molecular flexibility index (Phi) is 4.71. The number of hydrazine groups is 1. The molecule has 2 aromatic rings. The zero-order valence-electron chi connectivity index (χ0n) is 10.3. The summed E-state index contributed by atoms with van der Waals surface area (Å²) in [5.74, 6) is 5.65. The molecule has 2 rings (SSSR count). The Morgan fingerprint density at radius 2 is 1.79 bits per heavy atom. The van der Waals surface area contributed by atoms with Gasteiger partial charge in [-0.15, -0.1) is 0 Å². The van der Waals surface area contributed by atoms with E-state index < -0.39 is 0 Å². The average Bonchev–Trinajstić information content (AvgIpc) is 2.39. The van der Waals surface area contributed by atoms with Crippen LogP contribution in [-0.4, -0.2) is 0 Å². The SMILES string of the molecule is Cc1ccc(C(NN)c2cccc(Cl)c2Cl)cc1Cl. The van der Waals surface area contributed by atoms with E-state index in [1.54, 1.807) is 6.07 Å². The van der Waals surface area contributed by atoms with E-state index >= 15 is 0 Å². The van der Waals surface area contributed by atoms with E-state index in [-0.39, 0.29) is 6.04 Å². The summed E-state index contributed by atoms with van der Waals surface area (Å²) in [4.78, 5) is 0. The van der Waals surface area contributed by atoms with Gasteiger partial charge in [0.05, 0.1) is 16.1 Å². The van der Waals surface area contributed by atoms with Crippen molar-refractivity contribution in [1.29, 1.82) is 0 Å². The van der Waals surface area contributed by atoms with Gasteiger partial charge in [0.15, 0.2) is 0 Å². The summed E-state index contributed by atoms with van der Waals surface area (Å²) in [6, 6.07) is 11.0. The molecule has 0 spiro atoms.